The summed E-state index contributed by atoms with van der Waals surface area (Å²) in [5.41, 5.74) is 8.34. The van der Waals surface area contributed by atoms with Gasteiger partial charge in [-0.3, -0.25) is 4.79 Å². The fourth-order valence-corrected chi connectivity index (χ4v) is 1.47. The van der Waals surface area contributed by atoms with E-state index in [1.54, 1.807) is 39.2 Å². The third-order valence-corrected chi connectivity index (χ3v) is 2.39. The molecule has 1 rings (SSSR count). The van der Waals surface area contributed by atoms with Crippen molar-refractivity contribution in [3.05, 3.63) is 41.5 Å². The molecule has 0 atom stereocenters. The quantitative estimate of drug-likeness (QED) is 0.640. The molecule has 1 aromatic rings. The monoisotopic (exact) mass is 231 g/mol. The molecule has 0 heterocycles. The van der Waals surface area contributed by atoms with E-state index < -0.39 is 0 Å². The molecule has 0 saturated carbocycles. The highest BCUT2D eigenvalue weighted by Crippen LogP contribution is 2.23. The Balaban J connectivity index is 3.06. The van der Waals surface area contributed by atoms with Crippen LogP contribution in [0.25, 0.3) is 6.08 Å². The first-order valence-corrected chi connectivity index (χ1v) is 5.27. The number of allylic oxidation sites excluding steroid dienone is 2. The molecule has 90 valence electrons. The minimum absolute atomic E-state index is 0.0409. The van der Waals surface area contributed by atoms with E-state index in [1.165, 1.54) is 0 Å². The lowest BCUT2D eigenvalue weighted by molar-refractivity contribution is -0.112. The van der Waals surface area contributed by atoms with Gasteiger partial charge in [0.2, 0.25) is 0 Å². The maximum Gasteiger partial charge on any atom is 0.183 e. The number of nitrogens with two attached hydrogens (primary N) is 1. The van der Waals surface area contributed by atoms with Crippen LogP contribution in [-0.4, -0.2) is 12.9 Å². The molecule has 0 aliphatic heterocycles. The summed E-state index contributed by atoms with van der Waals surface area (Å²) in [6, 6.07) is 5.39. The van der Waals surface area contributed by atoms with Crippen LogP contribution in [0.5, 0.6) is 5.75 Å². The van der Waals surface area contributed by atoms with Crippen LogP contribution < -0.4 is 10.5 Å². The van der Waals surface area contributed by atoms with Crippen LogP contribution >= 0.6 is 0 Å². The number of hydrogen-bond donors (Lipinski definition) is 1. The fourth-order valence-electron chi connectivity index (χ4n) is 1.47. The van der Waals surface area contributed by atoms with Crippen molar-refractivity contribution in [2.24, 2.45) is 0 Å². The van der Waals surface area contributed by atoms with Crippen molar-refractivity contribution >= 4 is 17.5 Å². The van der Waals surface area contributed by atoms with Crippen LogP contribution in [-0.2, 0) is 4.79 Å². The number of benzene rings is 1. The molecule has 1 aromatic carbocycles. The van der Waals surface area contributed by atoms with Gasteiger partial charge >= 0.3 is 0 Å². The van der Waals surface area contributed by atoms with Crippen molar-refractivity contribution in [2.75, 3.05) is 12.8 Å². The Kier molecular flexibility index (Phi) is 4.10. The molecule has 0 aromatic heterocycles. The molecule has 0 amide bonds. The van der Waals surface area contributed by atoms with E-state index >= 15 is 0 Å². The Hall–Kier alpha value is -2.03. The van der Waals surface area contributed by atoms with Crippen molar-refractivity contribution in [2.45, 2.75) is 13.8 Å². The number of methoxy groups -OCH3 is 1. The summed E-state index contributed by atoms with van der Waals surface area (Å²) in [6.07, 6.45) is 1.79. The third-order valence-electron chi connectivity index (χ3n) is 2.39. The van der Waals surface area contributed by atoms with Crippen molar-refractivity contribution in [1.82, 2.24) is 0 Å². The normalized spacial score (nSPS) is 11.1. The second-order valence-electron chi connectivity index (χ2n) is 3.94. The smallest absolute Gasteiger partial charge is 0.183 e. The van der Waals surface area contributed by atoms with Gasteiger partial charge in [-0.25, -0.2) is 0 Å². The lowest BCUT2D eigenvalue weighted by Gasteiger charge is -2.06. The van der Waals surface area contributed by atoms with Crippen molar-refractivity contribution in [1.29, 1.82) is 0 Å². The Morgan fingerprint density at radius 1 is 1.41 bits per heavy atom. The Morgan fingerprint density at radius 3 is 2.59 bits per heavy atom. The number of nitrogen functional groups attached to an aromatic ring is 1. The number of anilines is 1. The molecule has 3 nitrogen and oxygen atoms in total. The molecule has 0 aliphatic rings. The van der Waals surface area contributed by atoms with Gasteiger partial charge in [-0.1, -0.05) is 12.6 Å². The summed E-state index contributed by atoms with van der Waals surface area (Å²) in [5, 5.41) is 0. The van der Waals surface area contributed by atoms with Gasteiger partial charge in [0, 0.05) is 0 Å². The largest absolute Gasteiger partial charge is 0.495 e. The van der Waals surface area contributed by atoms with Gasteiger partial charge in [0.05, 0.1) is 12.8 Å². The van der Waals surface area contributed by atoms with Gasteiger partial charge in [0.15, 0.2) is 5.78 Å². The Bertz CT molecular complexity index is 487. The van der Waals surface area contributed by atoms with E-state index in [4.69, 9.17) is 10.5 Å². The second kappa shape index (κ2) is 5.34. The van der Waals surface area contributed by atoms with Gasteiger partial charge < -0.3 is 10.5 Å². The number of rotatable bonds is 4. The van der Waals surface area contributed by atoms with Crippen LogP contribution in [0.2, 0.25) is 0 Å². The lowest BCUT2D eigenvalue weighted by Crippen LogP contribution is -1.99. The molecule has 0 aliphatic carbocycles. The maximum absolute atomic E-state index is 11.6. The van der Waals surface area contributed by atoms with Crippen LogP contribution in [0.3, 0.4) is 0 Å². The maximum atomic E-state index is 11.6. The number of carbonyl (C=O) groups is 1. The van der Waals surface area contributed by atoms with E-state index in [2.05, 4.69) is 6.58 Å². The summed E-state index contributed by atoms with van der Waals surface area (Å²) in [6.45, 7) is 7.09. The fraction of sp³-hybridized carbons (Fsp3) is 0.214. The standard InChI is InChI=1S/C14H17NO2/c1-9(2)14(16)10(3)7-11-5-6-12(15)13(8-11)17-4/h5-8H,1,15H2,2-4H3. The van der Waals surface area contributed by atoms with Gasteiger partial charge in [-0.05, 0) is 48.8 Å². The third kappa shape index (κ3) is 3.21. The highest BCUT2D eigenvalue weighted by molar-refractivity contribution is 6.09. The van der Waals surface area contributed by atoms with Crippen LogP contribution in [0.15, 0.2) is 35.9 Å². The van der Waals surface area contributed by atoms with Crippen molar-refractivity contribution < 1.29 is 9.53 Å². The number of carbonyl (C=O) groups excluding carboxylic acids is 1. The Labute approximate surface area is 102 Å². The minimum atomic E-state index is -0.0409. The van der Waals surface area contributed by atoms with E-state index in [1.807, 2.05) is 6.07 Å². The van der Waals surface area contributed by atoms with E-state index in [0.717, 1.165) is 5.56 Å². The number of hydrogen-bond acceptors (Lipinski definition) is 3. The molecule has 0 spiro atoms. The highest BCUT2D eigenvalue weighted by atomic mass is 16.5. The van der Waals surface area contributed by atoms with E-state index in [0.29, 0.717) is 22.6 Å². The molecule has 3 heteroatoms. The summed E-state index contributed by atoms with van der Waals surface area (Å²) >= 11 is 0. The number of Topliss-reactive ketones (excluding diaryl/α,β-unsaturated/α-hetero) is 1. The van der Waals surface area contributed by atoms with Crippen LogP contribution in [0, 0.1) is 0 Å². The summed E-state index contributed by atoms with van der Waals surface area (Å²) in [7, 11) is 1.56. The van der Waals surface area contributed by atoms with Gasteiger partial charge in [0.1, 0.15) is 5.75 Å². The Morgan fingerprint density at radius 2 is 2.06 bits per heavy atom. The SMILES string of the molecule is C=C(C)C(=O)C(C)=Cc1ccc(N)c(OC)c1. The zero-order valence-corrected chi connectivity index (χ0v) is 10.4. The van der Waals surface area contributed by atoms with Gasteiger partial charge in [0.25, 0.3) is 0 Å². The molecule has 0 saturated heterocycles. The topological polar surface area (TPSA) is 52.3 Å². The average molecular weight is 231 g/mol. The number of ketones is 1. The second-order valence-corrected chi connectivity index (χ2v) is 3.94. The van der Waals surface area contributed by atoms with Crippen LogP contribution in [0.1, 0.15) is 19.4 Å². The first-order valence-electron chi connectivity index (χ1n) is 5.27. The van der Waals surface area contributed by atoms with Gasteiger partial charge in [-0.15, -0.1) is 0 Å². The summed E-state index contributed by atoms with van der Waals surface area (Å²) in [5.74, 6) is 0.565. The average Bonchev–Trinajstić information content (AvgIpc) is 2.30. The minimum Gasteiger partial charge on any atom is -0.495 e. The molecule has 2 N–H and O–H groups in total. The first kappa shape index (κ1) is 13.0. The molecular weight excluding hydrogens is 214 g/mol. The van der Waals surface area contributed by atoms with Crippen molar-refractivity contribution in [3.8, 4) is 5.75 Å². The molecule has 0 bridgehead atoms. The predicted molar refractivity (Wildman–Crippen MR) is 70.9 cm³/mol. The molecule has 0 unspecified atom stereocenters. The van der Waals surface area contributed by atoms with Crippen LogP contribution in [0.4, 0.5) is 5.69 Å². The predicted octanol–water partition coefficient (Wildman–Crippen LogP) is 2.83. The molecular formula is C14H17NO2. The zero-order chi connectivity index (χ0) is 13.0. The summed E-state index contributed by atoms with van der Waals surface area (Å²) in [4.78, 5) is 11.6. The molecule has 17 heavy (non-hydrogen) atoms. The van der Waals surface area contributed by atoms with E-state index in [9.17, 15) is 4.79 Å². The molecule has 0 radical (unpaired) electrons. The zero-order valence-electron chi connectivity index (χ0n) is 10.4. The lowest BCUT2D eigenvalue weighted by atomic mass is 10.0. The van der Waals surface area contributed by atoms with Crippen molar-refractivity contribution in [3.63, 3.8) is 0 Å². The highest BCUT2D eigenvalue weighted by Gasteiger charge is 2.05. The first-order chi connectivity index (χ1) is 7.95. The number of ether oxygens (including phenoxy) is 1. The van der Waals surface area contributed by atoms with E-state index in [-0.39, 0.29) is 5.78 Å². The van der Waals surface area contributed by atoms with Gasteiger partial charge in [-0.2, -0.15) is 0 Å². The molecule has 0 fully saturated rings. The summed E-state index contributed by atoms with van der Waals surface area (Å²) < 4.78 is 5.12.